The number of carbonyl (C=O) groups is 1. The quantitative estimate of drug-likeness (QED) is 0.448. The van der Waals surface area contributed by atoms with E-state index in [1.807, 2.05) is 0 Å². The summed E-state index contributed by atoms with van der Waals surface area (Å²) in [6.45, 7) is 1.01. The number of anilines is 1. The normalized spacial score (nSPS) is 18.1. The summed E-state index contributed by atoms with van der Waals surface area (Å²) in [5.74, 6) is 0.760. The number of nitro groups is 1. The summed E-state index contributed by atoms with van der Waals surface area (Å²) in [6, 6.07) is 5.43. The molecule has 0 aliphatic heterocycles. The van der Waals surface area contributed by atoms with Crippen molar-refractivity contribution in [1.82, 2.24) is 0 Å². The maximum atomic E-state index is 11.0. The summed E-state index contributed by atoms with van der Waals surface area (Å²) >= 11 is 0. The van der Waals surface area contributed by atoms with Gasteiger partial charge in [-0.15, -0.1) is 0 Å². The number of carbonyl (C=O) groups excluding carboxylic acids is 1. The zero-order chi connectivity index (χ0) is 13.4. The molecule has 2 aliphatic carbocycles. The predicted molar refractivity (Wildman–Crippen MR) is 71.6 cm³/mol. The van der Waals surface area contributed by atoms with Crippen molar-refractivity contribution in [3.63, 3.8) is 0 Å². The van der Waals surface area contributed by atoms with Crippen LogP contribution in [-0.2, 0) is 0 Å². The molecule has 2 saturated carbocycles. The Balaban J connectivity index is 1.89. The molecule has 0 radical (unpaired) electrons. The molecule has 100 valence electrons. The van der Waals surface area contributed by atoms with E-state index in [2.05, 4.69) is 4.90 Å². The Kier molecular flexibility index (Phi) is 2.97. The van der Waals surface area contributed by atoms with E-state index in [9.17, 15) is 14.9 Å². The van der Waals surface area contributed by atoms with E-state index in [0.717, 1.165) is 18.2 Å². The van der Waals surface area contributed by atoms with E-state index in [1.54, 1.807) is 12.1 Å². The number of rotatable bonds is 6. The van der Waals surface area contributed by atoms with Crippen molar-refractivity contribution in [3.8, 4) is 0 Å². The number of benzene rings is 1. The van der Waals surface area contributed by atoms with Gasteiger partial charge in [-0.05, 0) is 43.7 Å². The van der Waals surface area contributed by atoms with Gasteiger partial charge in [-0.3, -0.25) is 14.9 Å². The largest absolute Gasteiger partial charge is 0.368 e. The van der Waals surface area contributed by atoms with Gasteiger partial charge < -0.3 is 4.90 Å². The fourth-order valence-electron chi connectivity index (χ4n) is 2.41. The summed E-state index contributed by atoms with van der Waals surface area (Å²) in [5.41, 5.74) is 1.01. The SMILES string of the molecule is O=Cc1cc(N(CC2CC2)C2CC2)ccc1[N+](=O)[O-]. The molecular weight excluding hydrogens is 244 g/mol. The van der Waals surface area contributed by atoms with Gasteiger partial charge in [0.1, 0.15) is 0 Å². The van der Waals surface area contributed by atoms with E-state index in [-0.39, 0.29) is 11.3 Å². The highest BCUT2D eigenvalue weighted by molar-refractivity contribution is 5.83. The van der Waals surface area contributed by atoms with Crippen LogP contribution in [0.3, 0.4) is 0 Å². The highest BCUT2D eigenvalue weighted by Crippen LogP contribution is 2.38. The highest BCUT2D eigenvalue weighted by Gasteiger charge is 2.34. The molecule has 0 bridgehead atoms. The van der Waals surface area contributed by atoms with E-state index in [0.29, 0.717) is 12.3 Å². The molecule has 5 nitrogen and oxygen atoms in total. The van der Waals surface area contributed by atoms with Crippen LogP contribution in [0.25, 0.3) is 0 Å². The molecular formula is C14H16N2O3. The van der Waals surface area contributed by atoms with Crippen LogP contribution in [-0.4, -0.2) is 23.8 Å². The first kappa shape index (κ1) is 12.1. The van der Waals surface area contributed by atoms with Gasteiger partial charge >= 0.3 is 0 Å². The number of nitro benzene ring substituents is 1. The lowest BCUT2D eigenvalue weighted by Crippen LogP contribution is -2.28. The average Bonchev–Trinajstić information content (AvgIpc) is 3.27. The molecule has 0 aromatic heterocycles. The lowest BCUT2D eigenvalue weighted by molar-refractivity contribution is -0.385. The van der Waals surface area contributed by atoms with Crippen LogP contribution >= 0.6 is 0 Å². The Morgan fingerprint density at radius 1 is 1.32 bits per heavy atom. The molecule has 19 heavy (non-hydrogen) atoms. The molecule has 3 rings (SSSR count). The van der Waals surface area contributed by atoms with Crippen molar-refractivity contribution in [2.45, 2.75) is 31.7 Å². The highest BCUT2D eigenvalue weighted by atomic mass is 16.6. The molecule has 5 heteroatoms. The lowest BCUT2D eigenvalue weighted by atomic mass is 10.1. The van der Waals surface area contributed by atoms with E-state index >= 15 is 0 Å². The average molecular weight is 260 g/mol. The molecule has 1 aromatic rings. The van der Waals surface area contributed by atoms with Crippen LogP contribution in [0.4, 0.5) is 11.4 Å². The summed E-state index contributed by atoms with van der Waals surface area (Å²) in [6.07, 6.45) is 5.48. The van der Waals surface area contributed by atoms with Gasteiger partial charge in [0.2, 0.25) is 0 Å². The summed E-state index contributed by atoms with van der Waals surface area (Å²) in [4.78, 5) is 23.6. The van der Waals surface area contributed by atoms with Crippen molar-refractivity contribution in [2.75, 3.05) is 11.4 Å². The number of aldehydes is 1. The topological polar surface area (TPSA) is 63.5 Å². The van der Waals surface area contributed by atoms with Gasteiger partial charge in [-0.25, -0.2) is 0 Å². The molecule has 2 fully saturated rings. The van der Waals surface area contributed by atoms with Crippen molar-refractivity contribution < 1.29 is 9.72 Å². The second-order valence-electron chi connectivity index (χ2n) is 5.44. The maximum absolute atomic E-state index is 11.0. The lowest BCUT2D eigenvalue weighted by Gasteiger charge is -2.24. The second-order valence-corrected chi connectivity index (χ2v) is 5.44. The molecule has 0 unspecified atom stereocenters. The van der Waals surface area contributed by atoms with Crippen molar-refractivity contribution in [3.05, 3.63) is 33.9 Å². The summed E-state index contributed by atoms with van der Waals surface area (Å²) in [5, 5.41) is 10.8. The molecule has 0 spiro atoms. The molecule has 0 amide bonds. The number of nitrogens with zero attached hydrogens (tertiary/aromatic N) is 2. The van der Waals surface area contributed by atoms with E-state index in [1.165, 1.54) is 31.7 Å². The minimum atomic E-state index is -0.504. The Labute approximate surface area is 111 Å². The molecule has 0 atom stereocenters. The third-order valence-electron chi connectivity index (χ3n) is 3.81. The second kappa shape index (κ2) is 4.64. The predicted octanol–water partition coefficient (Wildman–Crippen LogP) is 2.79. The zero-order valence-electron chi connectivity index (χ0n) is 10.6. The van der Waals surface area contributed by atoms with Crippen LogP contribution < -0.4 is 4.90 Å². The van der Waals surface area contributed by atoms with Gasteiger partial charge in [0, 0.05) is 24.3 Å². The molecule has 2 aliphatic rings. The Morgan fingerprint density at radius 2 is 2.05 bits per heavy atom. The van der Waals surface area contributed by atoms with Crippen LogP contribution in [0.5, 0.6) is 0 Å². The van der Waals surface area contributed by atoms with Gasteiger partial charge in [0.05, 0.1) is 10.5 Å². The maximum Gasteiger partial charge on any atom is 0.280 e. The first-order valence-corrected chi connectivity index (χ1v) is 6.69. The minimum Gasteiger partial charge on any atom is -0.368 e. The minimum absolute atomic E-state index is 0.110. The van der Waals surface area contributed by atoms with E-state index in [4.69, 9.17) is 0 Å². The summed E-state index contributed by atoms with van der Waals surface area (Å²) < 4.78 is 0. The first-order chi connectivity index (χ1) is 9.19. The van der Waals surface area contributed by atoms with Gasteiger partial charge in [-0.1, -0.05) is 0 Å². The zero-order valence-corrected chi connectivity index (χ0v) is 10.6. The van der Waals surface area contributed by atoms with Crippen LogP contribution in [0.2, 0.25) is 0 Å². The van der Waals surface area contributed by atoms with Gasteiger partial charge in [0.15, 0.2) is 6.29 Å². The fraction of sp³-hybridized carbons (Fsp3) is 0.500. The van der Waals surface area contributed by atoms with Crippen molar-refractivity contribution in [2.24, 2.45) is 5.92 Å². The van der Waals surface area contributed by atoms with Crippen molar-refractivity contribution in [1.29, 1.82) is 0 Å². The monoisotopic (exact) mass is 260 g/mol. The van der Waals surface area contributed by atoms with Gasteiger partial charge in [-0.2, -0.15) is 0 Å². The van der Waals surface area contributed by atoms with Crippen molar-refractivity contribution >= 4 is 17.7 Å². The molecule has 0 heterocycles. The molecule has 1 aromatic carbocycles. The van der Waals surface area contributed by atoms with Gasteiger partial charge in [0.25, 0.3) is 5.69 Å². The van der Waals surface area contributed by atoms with E-state index < -0.39 is 4.92 Å². The molecule has 0 saturated heterocycles. The third kappa shape index (κ3) is 2.59. The Hall–Kier alpha value is -1.91. The Morgan fingerprint density at radius 3 is 2.58 bits per heavy atom. The number of hydrogen-bond donors (Lipinski definition) is 0. The van der Waals surface area contributed by atoms with Crippen LogP contribution in [0, 0.1) is 16.0 Å². The first-order valence-electron chi connectivity index (χ1n) is 6.69. The standard InChI is InChI=1S/C14H16N2O3/c17-9-11-7-13(5-6-14(11)16(18)19)15(12-3-4-12)8-10-1-2-10/h5-7,9-10,12H,1-4,8H2. The molecule has 0 N–H and O–H groups in total. The van der Waals surface area contributed by atoms with Crippen LogP contribution in [0.1, 0.15) is 36.0 Å². The van der Waals surface area contributed by atoms with Crippen LogP contribution in [0.15, 0.2) is 18.2 Å². The number of hydrogen-bond acceptors (Lipinski definition) is 4. The summed E-state index contributed by atoms with van der Waals surface area (Å²) in [7, 11) is 0. The Bertz CT molecular complexity index is 521. The third-order valence-corrected chi connectivity index (χ3v) is 3.81. The fourth-order valence-corrected chi connectivity index (χ4v) is 2.41. The smallest absolute Gasteiger partial charge is 0.280 e.